The molecule has 5 heteroatoms. The first kappa shape index (κ1) is 13.5. The maximum absolute atomic E-state index is 5.84. The molecule has 1 aromatic rings. The van der Waals surface area contributed by atoms with Crippen LogP contribution in [0.5, 0.6) is 0 Å². The Bertz CT molecular complexity index is 365. The summed E-state index contributed by atoms with van der Waals surface area (Å²) in [5.41, 5.74) is 6.18. The lowest BCUT2D eigenvalue weighted by Gasteiger charge is -2.38. The van der Waals surface area contributed by atoms with Gasteiger partial charge in [0.1, 0.15) is 12.2 Å². The lowest BCUT2D eigenvalue weighted by Crippen LogP contribution is -2.42. The van der Waals surface area contributed by atoms with Gasteiger partial charge in [-0.05, 0) is 44.3 Å². The zero-order valence-corrected chi connectivity index (χ0v) is 11.6. The molecule has 0 aromatic carbocycles. The van der Waals surface area contributed by atoms with Crippen molar-refractivity contribution in [2.24, 2.45) is 11.1 Å². The van der Waals surface area contributed by atoms with Crippen LogP contribution in [0.4, 0.5) is 0 Å². The summed E-state index contributed by atoms with van der Waals surface area (Å²) >= 11 is 0. The van der Waals surface area contributed by atoms with Crippen molar-refractivity contribution in [2.45, 2.75) is 46.2 Å². The molecule has 1 fully saturated rings. The molecule has 0 unspecified atom stereocenters. The zero-order chi connectivity index (χ0) is 13.0. The molecular formula is C13H25N5. The maximum atomic E-state index is 5.84. The second-order valence-corrected chi connectivity index (χ2v) is 5.69. The van der Waals surface area contributed by atoms with Crippen molar-refractivity contribution in [3.8, 4) is 0 Å². The lowest BCUT2D eigenvalue weighted by molar-refractivity contribution is 0.115. The van der Waals surface area contributed by atoms with Crippen LogP contribution in [-0.2, 0) is 13.1 Å². The molecule has 0 saturated carbocycles. The molecule has 0 aliphatic carbocycles. The SMILES string of the molecule is CCCn1ncnc1CN1CCC(C)(CN)CC1. The summed E-state index contributed by atoms with van der Waals surface area (Å²) < 4.78 is 2.02. The second-order valence-electron chi connectivity index (χ2n) is 5.69. The normalized spacial score (nSPS) is 20.2. The summed E-state index contributed by atoms with van der Waals surface area (Å²) in [6.45, 7) is 9.37. The van der Waals surface area contributed by atoms with Crippen molar-refractivity contribution < 1.29 is 0 Å². The van der Waals surface area contributed by atoms with Gasteiger partial charge in [0.2, 0.25) is 0 Å². The molecule has 0 bridgehead atoms. The van der Waals surface area contributed by atoms with E-state index in [-0.39, 0.29) is 0 Å². The number of hydrogen-bond donors (Lipinski definition) is 1. The smallest absolute Gasteiger partial charge is 0.141 e. The van der Waals surface area contributed by atoms with Crippen molar-refractivity contribution in [1.82, 2.24) is 19.7 Å². The minimum Gasteiger partial charge on any atom is -0.330 e. The first-order valence-electron chi connectivity index (χ1n) is 6.96. The van der Waals surface area contributed by atoms with Crippen LogP contribution in [0.15, 0.2) is 6.33 Å². The molecule has 0 atom stereocenters. The van der Waals surface area contributed by atoms with Crippen LogP contribution in [0, 0.1) is 5.41 Å². The highest BCUT2D eigenvalue weighted by Crippen LogP contribution is 2.29. The summed E-state index contributed by atoms with van der Waals surface area (Å²) in [4.78, 5) is 6.84. The van der Waals surface area contributed by atoms with E-state index in [0.29, 0.717) is 5.41 Å². The second kappa shape index (κ2) is 5.80. The summed E-state index contributed by atoms with van der Waals surface area (Å²) in [7, 11) is 0. The van der Waals surface area contributed by atoms with Gasteiger partial charge in [-0.2, -0.15) is 5.10 Å². The van der Waals surface area contributed by atoms with E-state index in [1.54, 1.807) is 6.33 Å². The van der Waals surface area contributed by atoms with Crippen LogP contribution in [0.25, 0.3) is 0 Å². The summed E-state index contributed by atoms with van der Waals surface area (Å²) in [6, 6.07) is 0. The van der Waals surface area contributed by atoms with E-state index < -0.39 is 0 Å². The van der Waals surface area contributed by atoms with Gasteiger partial charge in [-0.25, -0.2) is 9.67 Å². The maximum Gasteiger partial charge on any atom is 0.141 e. The Morgan fingerprint density at radius 2 is 2.11 bits per heavy atom. The fraction of sp³-hybridized carbons (Fsp3) is 0.846. The average molecular weight is 251 g/mol. The number of nitrogens with zero attached hydrogens (tertiary/aromatic N) is 4. The standard InChI is InChI=1S/C13H25N5/c1-3-6-18-12(15-11-16-18)9-17-7-4-13(2,10-14)5-8-17/h11H,3-10,14H2,1-2H3. The Morgan fingerprint density at radius 3 is 2.72 bits per heavy atom. The van der Waals surface area contributed by atoms with Crippen molar-refractivity contribution in [1.29, 1.82) is 0 Å². The molecular weight excluding hydrogens is 226 g/mol. The lowest BCUT2D eigenvalue weighted by atomic mass is 9.80. The van der Waals surface area contributed by atoms with Gasteiger partial charge in [0, 0.05) is 6.54 Å². The molecule has 0 radical (unpaired) electrons. The molecule has 18 heavy (non-hydrogen) atoms. The first-order valence-corrected chi connectivity index (χ1v) is 6.96. The molecule has 2 rings (SSSR count). The summed E-state index contributed by atoms with van der Waals surface area (Å²) in [5.74, 6) is 1.09. The van der Waals surface area contributed by atoms with Gasteiger partial charge >= 0.3 is 0 Å². The van der Waals surface area contributed by atoms with Gasteiger partial charge in [0.25, 0.3) is 0 Å². The minimum atomic E-state index is 0.341. The van der Waals surface area contributed by atoms with E-state index >= 15 is 0 Å². The third-order valence-electron chi connectivity index (χ3n) is 4.05. The highest BCUT2D eigenvalue weighted by Gasteiger charge is 2.28. The van der Waals surface area contributed by atoms with E-state index in [9.17, 15) is 0 Å². The largest absolute Gasteiger partial charge is 0.330 e. The molecule has 2 N–H and O–H groups in total. The number of nitrogens with two attached hydrogens (primary N) is 1. The van der Waals surface area contributed by atoms with Crippen molar-refractivity contribution in [3.05, 3.63) is 12.2 Å². The monoisotopic (exact) mass is 251 g/mol. The number of hydrogen-bond acceptors (Lipinski definition) is 4. The van der Waals surface area contributed by atoms with E-state index in [4.69, 9.17) is 5.73 Å². The van der Waals surface area contributed by atoms with Crippen molar-refractivity contribution in [3.63, 3.8) is 0 Å². The van der Waals surface area contributed by atoms with Crippen molar-refractivity contribution in [2.75, 3.05) is 19.6 Å². The molecule has 5 nitrogen and oxygen atoms in total. The van der Waals surface area contributed by atoms with Gasteiger partial charge in [-0.3, -0.25) is 4.90 Å². The minimum absolute atomic E-state index is 0.341. The Kier molecular flexibility index (Phi) is 4.35. The van der Waals surface area contributed by atoms with Gasteiger partial charge in [-0.1, -0.05) is 13.8 Å². The third kappa shape index (κ3) is 3.09. The van der Waals surface area contributed by atoms with Crippen LogP contribution >= 0.6 is 0 Å². The molecule has 0 amide bonds. The van der Waals surface area contributed by atoms with Crippen LogP contribution in [-0.4, -0.2) is 39.3 Å². The van der Waals surface area contributed by atoms with Gasteiger partial charge < -0.3 is 5.73 Å². The molecule has 102 valence electrons. The molecule has 2 heterocycles. The van der Waals surface area contributed by atoms with Crippen LogP contribution in [0.1, 0.15) is 38.9 Å². The molecule has 1 aliphatic rings. The van der Waals surface area contributed by atoms with Crippen LogP contribution in [0.2, 0.25) is 0 Å². The Hall–Kier alpha value is -0.940. The van der Waals surface area contributed by atoms with Gasteiger partial charge in [-0.15, -0.1) is 0 Å². The van der Waals surface area contributed by atoms with Crippen LogP contribution < -0.4 is 5.73 Å². The van der Waals surface area contributed by atoms with E-state index in [1.807, 2.05) is 4.68 Å². The Balaban J connectivity index is 1.89. The third-order valence-corrected chi connectivity index (χ3v) is 4.05. The fourth-order valence-electron chi connectivity index (χ4n) is 2.46. The predicted molar refractivity (Wildman–Crippen MR) is 72.0 cm³/mol. The highest BCUT2D eigenvalue weighted by molar-refractivity contribution is 4.89. The average Bonchev–Trinajstić information content (AvgIpc) is 2.81. The predicted octanol–water partition coefficient (Wildman–Crippen LogP) is 1.25. The Morgan fingerprint density at radius 1 is 1.39 bits per heavy atom. The van der Waals surface area contributed by atoms with Crippen LogP contribution in [0.3, 0.4) is 0 Å². The Labute approximate surface area is 109 Å². The van der Waals surface area contributed by atoms with E-state index in [0.717, 1.165) is 45.0 Å². The number of piperidine rings is 1. The summed E-state index contributed by atoms with van der Waals surface area (Å²) in [5, 5.41) is 4.28. The van der Waals surface area contributed by atoms with Crippen molar-refractivity contribution >= 4 is 0 Å². The molecule has 1 aliphatic heterocycles. The first-order chi connectivity index (χ1) is 8.67. The molecule has 0 spiro atoms. The fourth-order valence-corrected chi connectivity index (χ4v) is 2.46. The van der Waals surface area contributed by atoms with Gasteiger partial charge in [0.15, 0.2) is 0 Å². The summed E-state index contributed by atoms with van der Waals surface area (Å²) in [6.07, 6.45) is 5.14. The number of likely N-dealkylation sites (tertiary alicyclic amines) is 1. The molecule has 1 saturated heterocycles. The molecule has 1 aromatic heterocycles. The van der Waals surface area contributed by atoms with E-state index in [2.05, 4.69) is 28.8 Å². The number of aryl methyl sites for hydroxylation is 1. The van der Waals surface area contributed by atoms with E-state index in [1.165, 1.54) is 12.8 Å². The number of rotatable bonds is 5. The highest BCUT2D eigenvalue weighted by atomic mass is 15.3. The topological polar surface area (TPSA) is 60.0 Å². The quantitative estimate of drug-likeness (QED) is 0.855. The number of aromatic nitrogens is 3. The zero-order valence-electron chi connectivity index (χ0n) is 11.6. The van der Waals surface area contributed by atoms with Gasteiger partial charge in [0.05, 0.1) is 6.54 Å².